The van der Waals surface area contributed by atoms with Gasteiger partial charge in [0.25, 0.3) is 0 Å². The average Bonchev–Trinajstić information content (AvgIpc) is 2.68. The maximum absolute atomic E-state index is 12.6. The van der Waals surface area contributed by atoms with E-state index in [-0.39, 0.29) is 28.6 Å². The Morgan fingerprint density at radius 2 is 1.94 bits per heavy atom. The Labute approximate surface area is 187 Å². The lowest BCUT2D eigenvalue weighted by Crippen LogP contribution is -2.56. The highest BCUT2D eigenvalue weighted by Crippen LogP contribution is 2.62. The molecule has 2 fully saturated rings. The Hall–Kier alpha value is -1.81. The molecular formula is C27H40O4. The molecule has 4 nitrogen and oxygen atoms in total. The minimum absolute atomic E-state index is 0.0643. The molecule has 5 atom stereocenters. The molecule has 1 aromatic heterocycles. The topological polar surface area (TPSA) is 70.7 Å². The van der Waals surface area contributed by atoms with Gasteiger partial charge in [-0.25, -0.2) is 4.79 Å². The Morgan fingerprint density at radius 3 is 2.58 bits per heavy atom. The van der Waals surface area contributed by atoms with Crippen molar-refractivity contribution in [3.63, 3.8) is 0 Å². The highest BCUT2D eigenvalue weighted by molar-refractivity contribution is 5.40. The van der Waals surface area contributed by atoms with E-state index in [9.17, 15) is 15.0 Å². The summed E-state index contributed by atoms with van der Waals surface area (Å²) in [5.74, 6) is 0.947. The predicted octanol–water partition coefficient (Wildman–Crippen LogP) is 6.00. The van der Waals surface area contributed by atoms with Crippen LogP contribution in [0.15, 0.2) is 33.0 Å². The fourth-order valence-electron chi connectivity index (χ4n) is 6.53. The van der Waals surface area contributed by atoms with Crippen LogP contribution in [0.2, 0.25) is 0 Å². The lowest BCUT2D eigenvalue weighted by atomic mass is 9.45. The second-order valence-electron chi connectivity index (χ2n) is 10.8. The SMILES string of the molecule is C=C1CCC2[C@](C)(CC[C@H](O)[C@@]2(C)CCC=C(C)C)[C@@H]1Cc1c(O)c(C)c(C)oc1=O. The molecule has 2 N–H and O–H groups in total. The van der Waals surface area contributed by atoms with Crippen LogP contribution in [0.5, 0.6) is 5.75 Å². The third-order valence-corrected chi connectivity index (χ3v) is 8.66. The van der Waals surface area contributed by atoms with E-state index < -0.39 is 5.63 Å². The molecule has 1 aromatic rings. The molecule has 0 saturated heterocycles. The molecule has 1 unspecified atom stereocenters. The number of aliphatic hydroxyl groups is 1. The fraction of sp³-hybridized carbons (Fsp3) is 0.667. The van der Waals surface area contributed by atoms with E-state index in [1.807, 2.05) is 0 Å². The monoisotopic (exact) mass is 428 g/mol. The Balaban J connectivity index is 1.98. The number of hydrogen-bond acceptors (Lipinski definition) is 4. The normalized spacial score (nSPS) is 33.1. The van der Waals surface area contributed by atoms with E-state index in [0.29, 0.717) is 29.2 Å². The van der Waals surface area contributed by atoms with Gasteiger partial charge < -0.3 is 14.6 Å². The molecule has 2 aliphatic rings. The second-order valence-corrected chi connectivity index (χ2v) is 10.8. The van der Waals surface area contributed by atoms with Gasteiger partial charge >= 0.3 is 5.63 Å². The van der Waals surface area contributed by atoms with Gasteiger partial charge in [-0.2, -0.15) is 0 Å². The molecule has 4 heteroatoms. The number of aromatic hydroxyl groups is 1. The van der Waals surface area contributed by atoms with Crippen molar-refractivity contribution in [2.45, 2.75) is 92.6 Å². The summed E-state index contributed by atoms with van der Waals surface area (Å²) >= 11 is 0. The minimum Gasteiger partial charge on any atom is -0.507 e. The lowest BCUT2D eigenvalue weighted by molar-refractivity contribution is -0.136. The summed E-state index contributed by atoms with van der Waals surface area (Å²) in [6.45, 7) is 16.7. The van der Waals surface area contributed by atoms with Crippen LogP contribution < -0.4 is 5.63 Å². The first-order valence-electron chi connectivity index (χ1n) is 11.7. The van der Waals surface area contributed by atoms with E-state index in [1.54, 1.807) is 13.8 Å². The maximum atomic E-state index is 12.6. The van der Waals surface area contributed by atoms with Gasteiger partial charge in [-0.15, -0.1) is 0 Å². The van der Waals surface area contributed by atoms with Crippen LogP contribution >= 0.6 is 0 Å². The zero-order valence-corrected chi connectivity index (χ0v) is 20.2. The summed E-state index contributed by atoms with van der Waals surface area (Å²) in [6.07, 6.45) is 7.89. The van der Waals surface area contributed by atoms with Gasteiger partial charge in [0.05, 0.1) is 11.7 Å². The summed E-state index contributed by atoms with van der Waals surface area (Å²) in [4.78, 5) is 12.6. The van der Waals surface area contributed by atoms with Crippen LogP contribution in [0.1, 0.15) is 83.1 Å². The third-order valence-electron chi connectivity index (χ3n) is 8.66. The van der Waals surface area contributed by atoms with Crippen LogP contribution in [0.3, 0.4) is 0 Å². The van der Waals surface area contributed by atoms with E-state index in [4.69, 9.17) is 4.42 Å². The number of hydrogen-bond donors (Lipinski definition) is 2. The molecule has 0 aliphatic heterocycles. The van der Waals surface area contributed by atoms with E-state index in [1.165, 1.54) is 5.57 Å². The molecule has 172 valence electrons. The first-order valence-corrected chi connectivity index (χ1v) is 11.7. The smallest absolute Gasteiger partial charge is 0.342 e. The number of aryl methyl sites for hydroxylation is 1. The summed E-state index contributed by atoms with van der Waals surface area (Å²) in [5, 5.41) is 21.8. The lowest BCUT2D eigenvalue weighted by Gasteiger charge is -2.60. The highest BCUT2D eigenvalue weighted by Gasteiger charge is 2.57. The van der Waals surface area contributed by atoms with Crippen molar-refractivity contribution >= 4 is 0 Å². The van der Waals surface area contributed by atoms with Gasteiger partial charge in [0.2, 0.25) is 0 Å². The average molecular weight is 429 g/mol. The van der Waals surface area contributed by atoms with Gasteiger partial charge in [0.1, 0.15) is 11.5 Å². The van der Waals surface area contributed by atoms with E-state index in [2.05, 4.69) is 40.3 Å². The van der Waals surface area contributed by atoms with Crippen LogP contribution in [-0.2, 0) is 6.42 Å². The van der Waals surface area contributed by atoms with Gasteiger partial charge in [0.15, 0.2) is 0 Å². The maximum Gasteiger partial charge on any atom is 0.342 e. The van der Waals surface area contributed by atoms with Gasteiger partial charge in [-0.3, -0.25) is 0 Å². The van der Waals surface area contributed by atoms with Gasteiger partial charge in [-0.1, -0.05) is 37.6 Å². The molecule has 2 saturated carbocycles. The molecule has 31 heavy (non-hydrogen) atoms. The highest BCUT2D eigenvalue weighted by atomic mass is 16.4. The number of fused-ring (bicyclic) bond motifs is 1. The van der Waals surface area contributed by atoms with Gasteiger partial charge in [-0.05, 0) is 95.3 Å². The Bertz CT molecular complexity index is 935. The summed E-state index contributed by atoms with van der Waals surface area (Å²) in [7, 11) is 0. The van der Waals surface area contributed by atoms with Crippen LogP contribution in [0, 0.1) is 36.5 Å². The van der Waals surface area contributed by atoms with Crippen molar-refractivity contribution in [3.05, 3.63) is 51.1 Å². The molecule has 0 aromatic carbocycles. The molecule has 1 heterocycles. The molecule has 0 amide bonds. The molecule has 0 spiro atoms. The van der Waals surface area contributed by atoms with Gasteiger partial charge in [0, 0.05) is 5.56 Å². The number of aliphatic hydroxyl groups excluding tert-OH is 1. The van der Waals surface area contributed by atoms with Crippen molar-refractivity contribution in [1.29, 1.82) is 0 Å². The third kappa shape index (κ3) is 4.16. The van der Waals surface area contributed by atoms with Crippen LogP contribution in [-0.4, -0.2) is 16.3 Å². The molecule has 3 rings (SSSR count). The summed E-state index contributed by atoms with van der Waals surface area (Å²) in [5.41, 5.74) is 2.76. The number of allylic oxidation sites excluding steroid dienone is 3. The fourth-order valence-corrected chi connectivity index (χ4v) is 6.53. The zero-order chi connectivity index (χ0) is 23.1. The van der Waals surface area contributed by atoms with Crippen LogP contribution in [0.25, 0.3) is 0 Å². The molecule has 2 aliphatic carbocycles. The largest absolute Gasteiger partial charge is 0.507 e. The van der Waals surface area contributed by atoms with Crippen LogP contribution in [0.4, 0.5) is 0 Å². The molecule has 0 bridgehead atoms. The summed E-state index contributed by atoms with van der Waals surface area (Å²) in [6, 6.07) is 0. The minimum atomic E-state index is -0.443. The quantitative estimate of drug-likeness (QED) is 0.564. The van der Waals surface area contributed by atoms with Crippen molar-refractivity contribution in [1.82, 2.24) is 0 Å². The predicted molar refractivity (Wildman–Crippen MR) is 125 cm³/mol. The standard InChI is InChI=1S/C27H40O4/c1-16(2)9-8-13-27(7)22-11-10-17(3)21(26(22,6)14-12-23(27)28)15-20-24(29)18(4)19(5)31-25(20)30/h9,21-23,28-29H,3,8,10-15H2,1-2,4-7H3/t21-,22?,23+,26-,27+/m1/s1. The molecule has 0 radical (unpaired) electrons. The number of rotatable bonds is 5. The Morgan fingerprint density at radius 1 is 1.26 bits per heavy atom. The van der Waals surface area contributed by atoms with Crippen molar-refractivity contribution in [3.8, 4) is 5.75 Å². The first-order chi connectivity index (χ1) is 14.4. The van der Waals surface area contributed by atoms with E-state index >= 15 is 0 Å². The van der Waals surface area contributed by atoms with E-state index in [0.717, 1.165) is 44.1 Å². The van der Waals surface area contributed by atoms with Crippen molar-refractivity contribution in [2.24, 2.45) is 22.7 Å². The Kier molecular flexibility index (Phi) is 6.63. The first kappa shape index (κ1) is 23.8. The van der Waals surface area contributed by atoms with Crippen molar-refractivity contribution in [2.75, 3.05) is 0 Å². The summed E-state index contributed by atoms with van der Waals surface area (Å²) < 4.78 is 5.41. The van der Waals surface area contributed by atoms with Crippen molar-refractivity contribution < 1.29 is 14.6 Å². The molecular weight excluding hydrogens is 388 g/mol. The second kappa shape index (κ2) is 8.61. The zero-order valence-electron chi connectivity index (χ0n) is 20.2.